The van der Waals surface area contributed by atoms with Crippen LogP contribution in [-0.4, -0.2) is 39.5 Å². The van der Waals surface area contributed by atoms with Crippen molar-refractivity contribution in [3.63, 3.8) is 0 Å². The van der Waals surface area contributed by atoms with Crippen molar-refractivity contribution in [3.8, 4) is 0 Å². The monoisotopic (exact) mass is 78.1 g/mol. The standard InChI is InChI=1S/CH2N4.Li.H/c1-2-4-5-3-1;;/h1H,(H,2,3,4,5);;. The maximum Gasteiger partial charge on any atom is 0.135 e. The first-order chi connectivity index (χ1) is 2.50. The van der Waals surface area contributed by atoms with Crippen molar-refractivity contribution in [2.45, 2.75) is 0 Å². The number of rotatable bonds is 0. The first-order valence-corrected chi connectivity index (χ1v) is 1.17. The first-order valence-electron chi connectivity index (χ1n) is 1.17. The van der Waals surface area contributed by atoms with Gasteiger partial charge >= 0.3 is 18.9 Å². The van der Waals surface area contributed by atoms with Gasteiger partial charge in [0.15, 0.2) is 0 Å². The van der Waals surface area contributed by atoms with Crippen molar-refractivity contribution in [2.75, 3.05) is 0 Å². The molecule has 1 heterocycles. The number of nitrogens with one attached hydrogen (secondary N) is 1. The average Bonchev–Trinajstić information content (AvgIpc) is 1.76. The van der Waals surface area contributed by atoms with Gasteiger partial charge in [-0.05, 0) is 10.4 Å². The SMILES string of the molecule is [LiH].c1nnn[nH]1. The summed E-state index contributed by atoms with van der Waals surface area (Å²) in [4.78, 5) is 0. The zero-order valence-electron chi connectivity index (χ0n) is 2.42. The average molecular weight is 78.0 g/mol. The molecule has 0 amide bonds. The van der Waals surface area contributed by atoms with Crippen LogP contribution in [0.3, 0.4) is 0 Å². The Balaban J connectivity index is 0.000000250. The van der Waals surface area contributed by atoms with Gasteiger partial charge < -0.3 is 0 Å². The number of aromatic amines is 1. The second kappa shape index (κ2) is 2.88. The molecule has 0 aliphatic heterocycles. The second-order valence-corrected chi connectivity index (χ2v) is 0.563. The zero-order chi connectivity index (χ0) is 3.54. The van der Waals surface area contributed by atoms with E-state index in [0.717, 1.165) is 0 Å². The Bertz CT molecular complexity index is 64.0. The predicted octanol–water partition coefficient (Wildman–Crippen LogP) is -1.45. The molecule has 0 aliphatic rings. The molecule has 4 nitrogen and oxygen atoms in total. The third-order valence-corrected chi connectivity index (χ3v) is 0.270. The minimum absolute atomic E-state index is 0. The van der Waals surface area contributed by atoms with Crippen molar-refractivity contribution >= 4 is 18.9 Å². The summed E-state index contributed by atoms with van der Waals surface area (Å²) >= 11 is 0. The van der Waals surface area contributed by atoms with Crippen LogP contribution in [0.25, 0.3) is 0 Å². The molecule has 5 heteroatoms. The van der Waals surface area contributed by atoms with E-state index in [9.17, 15) is 0 Å². The molecular weight excluding hydrogens is 75.0 g/mol. The molecule has 28 valence electrons. The number of aromatic nitrogens is 4. The van der Waals surface area contributed by atoms with E-state index in [4.69, 9.17) is 0 Å². The molecule has 0 spiro atoms. The van der Waals surface area contributed by atoms with Crippen LogP contribution in [0.5, 0.6) is 0 Å². The second-order valence-electron chi connectivity index (χ2n) is 0.563. The fraction of sp³-hybridized carbons (Fsp3) is 0. The van der Waals surface area contributed by atoms with Crippen molar-refractivity contribution in [2.24, 2.45) is 0 Å². The first kappa shape index (κ1) is 5.67. The third-order valence-electron chi connectivity index (χ3n) is 0.270. The normalized spacial score (nSPS) is 6.67. The summed E-state index contributed by atoms with van der Waals surface area (Å²) in [5, 5.41) is 12.1. The van der Waals surface area contributed by atoms with E-state index >= 15 is 0 Å². The number of hydrogen-bond acceptors (Lipinski definition) is 3. The van der Waals surface area contributed by atoms with Gasteiger partial charge in [0, 0.05) is 0 Å². The molecule has 1 N–H and O–H groups in total. The molecule has 1 aromatic rings. The largest absolute Gasteiger partial charge is 0.246 e. The molecule has 1 rings (SSSR count). The molecule has 6 heavy (non-hydrogen) atoms. The topological polar surface area (TPSA) is 54.5 Å². The Morgan fingerprint density at radius 2 is 2.33 bits per heavy atom. The van der Waals surface area contributed by atoms with Gasteiger partial charge in [-0.3, -0.25) is 0 Å². The number of tetrazole rings is 1. The molecule has 0 aromatic carbocycles. The summed E-state index contributed by atoms with van der Waals surface area (Å²) in [6.07, 6.45) is 1.40. The van der Waals surface area contributed by atoms with E-state index in [-0.39, 0.29) is 18.9 Å². The fourth-order valence-electron chi connectivity index (χ4n) is 0.129. The van der Waals surface area contributed by atoms with Crippen LogP contribution in [0, 0.1) is 0 Å². The summed E-state index contributed by atoms with van der Waals surface area (Å²) in [6.45, 7) is 0. The van der Waals surface area contributed by atoms with Crippen LogP contribution < -0.4 is 0 Å². The summed E-state index contributed by atoms with van der Waals surface area (Å²) in [5.74, 6) is 0. The Hall–Kier alpha value is -0.333. The number of nitrogens with zero attached hydrogens (tertiary/aromatic N) is 3. The number of hydrogen-bond donors (Lipinski definition) is 1. The van der Waals surface area contributed by atoms with E-state index in [0.29, 0.717) is 0 Å². The molecule has 0 aliphatic carbocycles. The minimum atomic E-state index is 0. The van der Waals surface area contributed by atoms with Gasteiger partial charge in [0.2, 0.25) is 0 Å². The van der Waals surface area contributed by atoms with E-state index in [2.05, 4.69) is 20.6 Å². The molecule has 0 saturated heterocycles. The Kier molecular flexibility index (Phi) is 2.72. The zero-order valence-corrected chi connectivity index (χ0v) is 2.42. The molecule has 1 aromatic heterocycles. The van der Waals surface area contributed by atoms with Gasteiger partial charge in [0.25, 0.3) is 0 Å². The maximum absolute atomic E-state index is 3.31. The smallest absolute Gasteiger partial charge is 0.135 e. The van der Waals surface area contributed by atoms with Crippen LogP contribution in [0.2, 0.25) is 0 Å². The summed E-state index contributed by atoms with van der Waals surface area (Å²) in [6, 6.07) is 0. The van der Waals surface area contributed by atoms with Gasteiger partial charge in [-0.1, -0.05) is 0 Å². The fourth-order valence-corrected chi connectivity index (χ4v) is 0.129. The van der Waals surface area contributed by atoms with Gasteiger partial charge in [-0.2, -0.15) is 0 Å². The predicted molar refractivity (Wildman–Crippen MR) is 21.3 cm³/mol. The molecule has 0 atom stereocenters. The van der Waals surface area contributed by atoms with Crippen LogP contribution in [0.4, 0.5) is 0 Å². The number of H-pyrrole nitrogens is 1. The minimum Gasteiger partial charge on any atom is -0.246 e. The molecule has 0 unspecified atom stereocenters. The Morgan fingerprint density at radius 1 is 1.50 bits per heavy atom. The van der Waals surface area contributed by atoms with Crippen LogP contribution in [0.1, 0.15) is 0 Å². The van der Waals surface area contributed by atoms with Crippen molar-refractivity contribution in [1.82, 2.24) is 20.6 Å². The maximum atomic E-state index is 3.31. The van der Waals surface area contributed by atoms with Crippen LogP contribution >= 0.6 is 0 Å². The molecular formula is CH3LiN4. The van der Waals surface area contributed by atoms with Crippen molar-refractivity contribution in [3.05, 3.63) is 6.33 Å². The summed E-state index contributed by atoms with van der Waals surface area (Å²) < 4.78 is 0. The molecule has 0 fully saturated rings. The third kappa shape index (κ3) is 1.20. The van der Waals surface area contributed by atoms with Crippen molar-refractivity contribution < 1.29 is 0 Å². The van der Waals surface area contributed by atoms with Crippen molar-refractivity contribution in [1.29, 1.82) is 0 Å². The summed E-state index contributed by atoms with van der Waals surface area (Å²) in [5.41, 5.74) is 0. The van der Waals surface area contributed by atoms with Crippen LogP contribution in [-0.2, 0) is 0 Å². The molecule has 0 radical (unpaired) electrons. The van der Waals surface area contributed by atoms with Crippen LogP contribution in [0.15, 0.2) is 6.33 Å². The summed E-state index contributed by atoms with van der Waals surface area (Å²) in [7, 11) is 0. The Labute approximate surface area is 46.5 Å². The molecule has 0 saturated carbocycles. The Morgan fingerprint density at radius 3 is 2.50 bits per heavy atom. The van der Waals surface area contributed by atoms with Gasteiger partial charge in [0.05, 0.1) is 0 Å². The molecule has 0 bridgehead atoms. The quantitative estimate of drug-likeness (QED) is 0.386. The van der Waals surface area contributed by atoms with E-state index < -0.39 is 0 Å². The van der Waals surface area contributed by atoms with Gasteiger partial charge in [-0.15, -0.1) is 5.10 Å². The van der Waals surface area contributed by atoms with E-state index in [1.54, 1.807) is 0 Å². The van der Waals surface area contributed by atoms with E-state index in [1.165, 1.54) is 6.33 Å². The van der Waals surface area contributed by atoms with Gasteiger partial charge in [0.1, 0.15) is 6.33 Å². The van der Waals surface area contributed by atoms with Gasteiger partial charge in [-0.25, -0.2) is 5.10 Å². The van der Waals surface area contributed by atoms with E-state index in [1.807, 2.05) is 0 Å².